The van der Waals surface area contributed by atoms with Gasteiger partial charge in [-0.15, -0.1) is 5.10 Å². The second-order valence-corrected chi connectivity index (χ2v) is 4.96. The maximum Gasteiger partial charge on any atom is 0.0783 e. The molecule has 0 atom stereocenters. The molecule has 0 radical (unpaired) electrons. The minimum Gasteiger partial charge on any atom is -0.311 e. The molecule has 2 rings (SSSR count). The average Bonchev–Trinajstić information content (AvgIpc) is 2.84. The van der Waals surface area contributed by atoms with Crippen LogP contribution in [-0.2, 0) is 13.0 Å². The third-order valence-electron chi connectivity index (χ3n) is 2.83. The Morgan fingerprint density at radius 3 is 2.89 bits per heavy atom. The Hall–Kier alpha value is -1.20. The lowest BCUT2D eigenvalue weighted by Gasteiger charge is -2.11. The summed E-state index contributed by atoms with van der Waals surface area (Å²) < 4.78 is 3.00. The van der Waals surface area contributed by atoms with Gasteiger partial charge in [-0.05, 0) is 36.7 Å². The second kappa shape index (κ2) is 6.11. The molecule has 1 aromatic heterocycles. The number of benzene rings is 1. The minimum absolute atomic E-state index is 0.780. The summed E-state index contributed by atoms with van der Waals surface area (Å²) in [5, 5.41) is 11.5. The van der Waals surface area contributed by atoms with E-state index < -0.39 is 0 Å². The molecule has 0 aliphatic heterocycles. The Morgan fingerprint density at radius 2 is 2.17 bits per heavy atom. The molecule has 4 nitrogen and oxygen atoms in total. The fourth-order valence-electron chi connectivity index (χ4n) is 1.88. The number of aryl methyl sites for hydroxylation is 1. The van der Waals surface area contributed by atoms with Crippen LogP contribution in [0.1, 0.15) is 25.1 Å². The fourth-order valence-corrected chi connectivity index (χ4v) is 2.29. The largest absolute Gasteiger partial charge is 0.311 e. The monoisotopic (exact) mass is 308 g/mol. The molecule has 1 aromatic carbocycles. The predicted octanol–water partition coefficient (Wildman–Crippen LogP) is 2.70. The third kappa shape index (κ3) is 2.79. The van der Waals surface area contributed by atoms with Crippen molar-refractivity contribution in [2.45, 2.75) is 26.8 Å². The van der Waals surface area contributed by atoms with Crippen molar-refractivity contribution in [2.24, 2.45) is 0 Å². The lowest BCUT2D eigenvalue weighted by Crippen LogP contribution is -2.16. The highest BCUT2D eigenvalue weighted by atomic mass is 79.9. The number of hydrogen-bond acceptors (Lipinski definition) is 3. The van der Waals surface area contributed by atoms with Crippen LogP contribution in [-0.4, -0.2) is 21.5 Å². The molecule has 2 aromatic rings. The van der Waals surface area contributed by atoms with Gasteiger partial charge in [0.1, 0.15) is 0 Å². The number of nitrogens with zero attached hydrogens (tertiary/aromatic N) is 3. The molecule has 1 N–H and O–H groups in total. The van der Waals surface area contributed by atoms with Gasteiger partial charge >= 0.3 is 0 Å². The molecule has 5 heteroatoms. The highest BCUT2D eigenvalue weighted by Crippen LogP contribution is 2.21. The summed E-state index contributed by atoms with van der Waals surface area (Å²) in [6.45, 7) is 5.95. The highest BCUT2D eigenvalue weighted by molar-refractivity contribution is 9.10. The molecular weight excluding hydrogens is 292 g/mol. The number of nitrogens with one attached hydrogen (secondary N) is 1. The molecule has 1 heterocycles. The molecule has 96 valence electrons. The Morgan fingerprint density at radius 1 is 1.33 bits per heavy atom. The van der Waals surface area contributed by atoms with Gasteiger partial charge in [0.2, 0.25) is 0 Å². The predicted molar refractivity (Wildman–Crippen MR) is 75.8 cm³/mol. The lowest BCUT2D eigenvalue weighted by molar-refractivity contribution is 0.670. The summed E-state index contributed by atoms with van der Waals surface area (Å²) in [7, 11) is 0. The second-order valence-electron chi connectivity index (χ2n) is 4.04. The van der Waals surface area contributed by atoms with Crippen LogP contribution in [0, 0.1) is 0 Å². The maximum atomic E-state index is 4.19. The van der Waals surface area contributed by atoms with Crippen LogP contribution in [0.4, 0.5) is 0 Å². The number of rotatable bonds is 5. The first-order chi connectivity index (χ1) is 8.76. The fraction of sp³-hybridized carbons (Fsp3) is 0.385. The SMILES string of the molecule is CCNCc1cnnn1-c1ccc(Br)cc1CC. The first kappa shape index (κ1) is 13.2. The molecule has 0 aliphatic rings. The molecule has 0 unspecified atom stereocenters. The van der Waals surface area contributed by atoms with Gasteiger partial charge < -0.3 is 5.32 Å². The summed E-state index contributed by atoms with van der Waals surface area (Å²) in [6.07, 6.45) is 2.78. The Labute approximate surface area is 116 Å². The molecule has 18 heavy (non-hydrogen) atoms. The summed E-state index contributed by atoms with van der Waals surface area (Å²) in [6, 6.07) is 6.24. The van der Waals surface area contributed by atoms with Crippen molar-refractivity contribution in [3.8, 4) is 5.69 Å². The summed E-state index contributed by atoms with van der Waals surface area (Å²) >= 11 is 3.50. The van der Waals surface area contributed by atoms with Gasteiger partial charge in [-0.1, -0.05) is 35.0 Å². The first-order valence-electron chi connectivity index (χ1n) is 6.15. The Bertz CT molecular complexity index is 521. The average molecular weight is 309 g/mol. The molecule has 0 bridgehead atoms. The van der Waals surface area contributed by atoms with E-state index in [9.17, 15) is 0 Å². The third-order valence-corrected chi connectivity index (χ3v) is 3.32. The molecule has 0 saturated heterocycles. The van der Waals surface area contributed by atoms with Gasteiger partial charge in [-0.2, -0.15) is 0 Å². The van der Waals surface area contributed by atoms with Gasteiger partial charge in [0.15, 0.2) is 0 Å². The summed E-state index contributed by atoms with van der Waals surface area (Å²) in [5.41, 5.74) is 3.44. The van der Waals surface area contributed by atoms with Crippen LogP contribution in [0.15, 0.2) is 28.9 Å². The molecule has 0 saturated carbocycles. The normalized spacial score (nSPS) is 10.8. The highest BCUT2D eigenvalue weighted by Gasteiger charge is 2.09. The van der Waals surface area contributed by atoms with Crippen LogP contribution < -0.4 is 5.32 Å². The maximum absolute atomic E-state index is 4.19. The van der Waals surface area contributed by atoms with E-state index >= 15 is 0 Å². The van der Waals surface area contributed by atoms with E-state index in [0.717, 1.165) is 35.4 Å². The van der Waals surface area contributed by atoms with Crippen LogP contribution in [0.2, 0.25) is 0 Å². The molecule has 0 amide bonds. The van der Waals surface area contributed by atoms with Crippen LogP contribution >= 0.6 is 15.9 Å². The Kier molecular flexibility index (Phi) is 4.49. The van der Waals surface area contributed by atoms with Gasteiger partial charge in [-0.25, -0.2) is 4.68 Å². The van der Waals surface area contributed by atoms with Crippen molar-refractivity contribution in [1.82, 2.24) is 20.3 Å². The van der Waals surface area contributed by atoms with Gasteiger partial charge in [0.25, 0.3) is 0 Å². The zero-order valence-corrected chi connectivity index (χ0v) is 12.2. The zero-order chi connectivity index (χ0) is 13.0. The van der Waals surface area contributed by atoms with Crippen molar-refractivity contribution in [2.75, 3.05) is 6.54 Å². The minimum atomic E-state index is 0.780. The quantitative estimate of drug-likeness (QED) is 0.923. The van der Waals surface area contributed by atoms with Crippen molar-refractivity contribution in [3.63, 3.8) is 0 Å². The van der Waals surface area contributed by atoms with Crippen LogP contribution in [0.5, 0.6) is 0 Å². The van der Waals surface area contributed by atoms with Crippen molar-refractivity contribution in [3.05, 3.63) is 40.1 Å². The smallest absolute Gasteiger partial charge is 0.0783 e. The van der Waals surface area contributed by atoms with Gasteiger partial charge in [0, 0.05) is 11.0 Å². The van der Waals surface area contributed by atoms with Crippen LogP contribution in [0.25, 0.3) is 5.69 Å². The summed E-state index contributed by atoms with van der Waals surface area (Å²) in [5.74, 6) is 0. The van der Waals surface area contributed by atoms with Gasteiger partial charge in [-0.3, -0.25) is 0 Å². The van der Waals surface area contributed by atoms with E-state index in [0.29, 0.717) is 0 Å². The van der Waals surface area contributed by atoms with Crippen molar-refractivity contribution < 1.29 is 0 Å². The van der Waals surface area contributed by atoms with Gasteiger partial charge in [0.05, 0.1) is 17.6 Å². The van der Waals surface area contributed by atoms with E-state index in [-0.39, 0.29) is 0 Å². The number of hydrogen-bond donors (Lipinski definition) is 1. The standard InChI is InChI=1S/C13H17BrN4/c1-3-10-7-11(14)5-6-13(10)18-12(8-15-4-2)9-16-17-18/h5-7,9,15H,3-4,8H2,1-2H3. The molecule has 0 aliphatic carbocycles. The summed E-state index contributed by atoms with van der Waals surface area (Å²) in [4.78, 5) is 0. The van der Waals surface area contributed by atoms with E-state index in [4.69, 9.17) is 0 Å². The lowest BCUT2D eigenvalue weighted by atomic mass is 10.1. The molecular formula is C13H17BrN4. The van der Waals surface area contributed by atoms with Crippen molar-refractivity contribution >= 4 is 15.9 Å². The first-order valence-corrected chi connectivity index (χ1v) is 6.94. The van der Waals surface area contributed by atoms with E-state index in [1.54, 1.807) is 0 Å². The zero-order valence-electron chi connectivity index (χ0n) is 10.7. The molecule has 0 spiro atoms. The number of halogens is 1. The van der Waals surface area contributed by atoms with E-state index in [1.807, 2.05) is 16.9 Å². The van der Waals surface area contributed by atoms with E-state index in [1.165, 1.54) is 5.56 Å². The number of aromatic nitrogens is 3. The Balaban J connectivity index is 2.39. The molecule has 0 fully saturated rings. The van der Waals surface area contributed by atoms with E-state index in [2.05, 4.69) is 57.5 Å². The topological polar surface area (TPSA) is 42.7 Å². The van der Waals surface area contributed by atoms with Crippen molar-refractivity contribution in [1.29, 1.82) is 0 Å². The van der Waals surface area contributed by atoms with Crippen LogP contribution in [0.3, 0.4) is 0 Å².